The smallest absolute Gasteiger partial charge is 0.316 e. The SMILES string of the molecule is COc1ncc(-c2cc3c(n4cnnc24)NCc2c(F)ccc4c2[C@H](CO4)CO3)cn1. The highest BCUT2D eigenvalue weighted by Crippen LogP contribution is 2.41. The Balaban J connectivity index is 1.49. The van der Waals surface area contributed by atoms with Crippen molar-refractivity contribution < 1.29 is 18.6 Å². The standard InChI is InChI=1S/C21H17FN6O3/c1-29-21-24-5-11(6-25-21)13-4-17-20(28-10-26-27-19(13)28)23-7-14-15(22)2-3-16-18(14)12(8-30-16)9-31-17/h2-6,10,12,23H,7-9H2,1H3/t12-/m1/s1. The van der Waals surface area contributed by atoms with Gasteiger partial charge in [-0.05, 0) is 18.2 Å². The Kier molecular flexibility index (Phi) is 3.92. The fourth-order valence-corrected chi connectivity index (χ4v) is 4.16. The Labute approximate surface area is 175 Å². The molecular formula is C21H17FN6O3. The number of benzene rings is 1. The molecule has 3 aromatic heterocycles. The molecule has 6 rings (SSSR count). The average Bonchev–Trinajstić information content (AvgIpc) is 3.45. The van der Waals surface area contributed by atoms with Gasteiger partial charge in [0, 0.05) is 41.2 Å². The van der Waals surface area contributed by atoms with Gasteiger partial charge >= 0.3 is 6.01 Å². The normalized spacial score (nSPS) is 16.8. The first-order valence-corrected chi connectivity index (χ1v) is 9.77. The first kappa shape index (κ1) is 17.9. The van der Waals surface area contributed by atoms with E-state index in [2.05, 4.69) is 25.5 Å². The minimum absolute atomic E-state index is 0.0576. The lowest BCUT2D eigenvalue weighted by atomic mass is 9.96. The number of hydrogen-bond acceptors (Lipinski definition) is 8. The van der Waals surface area contributed by atoms with E-state index in [9.17, 15) is 4.39 Å². The largest absolute Gasteiger partial charge is 0.493 e. The Morgan fingerprint density at radius 2 is 1.97 bits per heavy atom. The molecule has 31 heavy (non-hydrogen) atoms. The van der Waals surface area contributed by atoms with Gasteiger partial charge in [0.25, 0.3) is 0 Å². The van der Waals surface area contributed by atoms with Gasteiger partial charge in [0.05, 0.1) is 26.2 Å². The van der Waals surface area contributed by atoms with Crippen molar-refractivity contribution in [2.45, 2.75) is 12.5 Å². The van der Waals surface area contributed by atoms with Crippen molar-refractivity contribution in [3.8, 4) is 28.6 Å². The van der Waals surface area contributed by atoms with Crippen molar-refractivity contribution in [3.63, 3.8) is 0 Å². The third-order valence-corrected chi connectivity index (χ3v) is 5.64. The van der Waals surface area contributed by atoms with Crippen molar-refractivity contribution in [1.29, 1.82) is 0 Å². The van der Waals surface area contributed by atoms with Gasteiger partial charge in [-0.25, -0.2) is 14.4 Å². The highest BCUT2D eigenvalue weighted by atomic mass is 19.1. The minimum atomic E-state index is -0.266. The van der Waals surface area contributed by atoms with E-state index >= 15 is 0 Å². The van der Waals surface area contributed by atoms with Crippen LogP contribution in [0.4, 0.5) is 10.2 Å². The van der Waals surface area contributed by atoms with Crippen LogP contribution in [-0.4, -0.2) is 44.9 Å². The Hall–Kier alpha value is -3.95. The quantitative estimate of drug-likeness (QED) is 0.529. The summed E-state index contributed by atoms with van der Waals surface area (Å²) in [7, 11) is 1.51. The number of ether oxygens (including phenoxy) is 3. The van der Waals surface area contributed by atoms with Crippen LogP contribution >= 0.6 is 0 Å². The molecule has 9 nitrogen and oxygen atoms in total. The lowest BCUT2D eigenvalue weighted by Crippen LogP contribution is -2.13. The number of nitrogens with one attached hydrogen (secondary N) is 1. The molecule has 0 saturated carbocycles. The van der Waals surface area contributed by atoms with E-state index in [-0.39, 0.29) is 24.3 Å². The van der Waals surface area contributed by atoms with Crippen LogP contribution in [0.1, 0.15) is 17.0 Å². The van der Waals surface area contributed by atoms with E-state index < -0.39 is 0 Å². The van der Waals surface area contributed by atoms with Gasteiger partial charge in [0.2, 0.25) is 0 Å². The zero-order valence-electron chi connectivity index (χ0n) is 16.5. The summed E-state index contributed by atoms with van der Waals surface area (Å²) >= 11 is 0. The van der Waals surface area contributed by atoms with Gasteiger partial charge in [-0.2, -0.15) is 0 Å². The molecule has 1 atom stereocenters. The van der Waals surface area contributed by atoms with Gasteiger partial charge in [-0.15, -0.1) is 10.2 Å². The van der Waals surface area contributed by atoms with Crippen LogP contribution < -0.4 is 19.5 Å². The zero-order valence-corrected chi connectivity index (χ0v) is 16.5. The molecule has 2 aliphatic heterocycles. The monoisotopic (exact) mass is 420 g/mol. The highest BCUT2D eigenvalue weighted by Gasteiger charge is 2.31. The van der Waals surface area contributed by atoms with Crippen LogP contribution in [0, 0.1) is 5.82 Å². The average molecular weight is 420 g/mol. The molecule has 4 aromatic rings. The lowest BCUT2D eigenvalue weighted by molar-refractivity contribution is 0.249. The first-order chi connectivity index (χ1) is 15.2. The van der Waals surface area contributed by atoms with Crippen LogP contribution in [0.25, 0.3) is 16.8 Å². The van der Waals surface area contributed by atoms with E-state index in [1.807, 2.05) is 6.07 Å². The zero-order chi connectivity index (χ0) is 20.9. The summed E-state index contributed by atoms with van der Waals surface area (Å²) in [5, 5.41) is 11.6. The molecule has 0 unspecified atom stereocenters. The summed E-state index contributed by atoms with van der Waals surface area (Å²) in [6.07, 6.45) is 4.91. The number of aromatic nitrogens is 5. The second kappa shape index (κ2) is 6.79. The molecule has 156 valence electrons. The van der Waals surface area contributed by atoms with E-state index in [1.165, 1.54) is 13.2 Å². The van der Waals surface area contributed by atoms with Crippen molar-refractivity contribution in [3.05, 3.63) is 53.9 Å². The molecule has 0 bridgehead atoms. The van der Waals surface area contributed by atoms with Crippen LogP contribution in [-0.2, 0) is 6.54 Å². The fraction of sp³-hybridized carbons (Fsp3) is 0.238. The molecule has 0 fully saturated rings. The molecule has 1 N–H and O–H groups in total. The Morgan fingerprint density at radius 1 is 1.16 bits per heavy atom. The number of nitrogens with zero attached hydrogens (tertiary/aromatic N) is 5. The number of fused-ring (bicyclic) bond motifs is 3. The number of methoxy groups -OCH3 is 1. The molecular weight excluding hydrogens is 403 g/mol. The first-order valence-electron chi connectivity index (χ1n) is 9.77. The van der Waals surface area contributed by atoms with Crippen molar-refractivity contribution in [2.24, 2.45) is 0 Å². The molecule has 0 spiro atoms. The van der Waals surface area contributed by atoms with Crippen LogP contribution in [0.3, 0.4) is 0 Å². The molecule has 0 radical (unpaired) electrons. The number of rotatable bonds is 2. The van der Waals surface area contributed by atoms with Crippen LogP contribution in [0.2, 0.25) is 0 Å². The van der Waals surface area contributed by atoms with E-state index in [4.69, 9.17) is 14.2 Å². The summed E-state index contributed by atoms with van der Waals surface area (Å²) in [5.74, 6) is 1.63. The fourth-order valence-electron chi connectivity index (χ4n) is 4.16. The maximum Gasteiger partial charge on any atom is 0.316 e. The summed E-state index contributed by atoms with van der Waals surface area (Å²) in [6, 6.07) is 5.28. The molecule has 1 aromatic carbocycles. The number of halogens is 1. The van der Waals surface area contributed by atoms with Crippen LogP contribution in [0.5, 0.6) is 17.5 Å². The minimum Gasteiger partial charge on any atom is -0.493 e. The predicted molar refractivity (Wildman–Crippen MR) is 108 cm³/mol. The second-order valence-corrected chi connectivity index (χ2v) is 7.36. The second-order valence-electron chi connectivity index (χ2n) is 7.36. The number of hydrogen-bond donors (Lipinski definition) is 1. The Morgan fingerprint density at radius 3 is 2.77 bits per heavy atom. The predicted octanol–water partition coefficient (Wildman–Crippen LogP) is 2.81. The highest BCUT2D eigenvalue weighted by molar-refractivity contribution is 5.81. The Bertz CT molecular complexity index is 1310. The third kappa shape index (κ3) is 2.75. The molecule has 5 heterocycles. The number of anilines is 1. The van der Waals surface area contributed by atoms with Gasteiger partial charge in [0.1, 0.15) is 17.9 Å². The van der Waals surface area contributed by atoms with Crippen molar-refractivity contribution >= 4 is 11.5 Å². The summed E-state index contributed by atoms with van der Waals surface area (Å²) in [6.45, 7) is 1.09. The molecule has 0 aliphatic carbocycles. The van der Waals surface area contributed by atoms with E-state index in [0.717, 1.165) is 16.7 Å². The molecule has 0 amide bonds. The van der Waals surface area contributed by atoms with E-state index in [0.29, 0.717) is 41.7 Å². The summed E-state index contributed by atoms with van der Waals surface area (Å²) in [5.41, 5.74) is 3.55. The molecule has 2 aliphatic rings. The van der Waals surface area contributed by atoms with Gasteiger partial charge in [0.15, 0.2) is 17.2 Å². The van der Waals surface area contributed by atoms with Crippen molar-refractivity contribution in [2.75, 3.05) is 25.6 Å². The van der Waals surface area contributed by atoms with Gasteiger partial charge in [-0.1, -0.05) is 0 Å². The maximum absolute atomic E-state index is 14.7. The topological polar surface area (TPSA) is 95.7 Å². The molecule has 0 saturated heterocycles. The number of pyridine rings is 1. The van der Waals surface area contributed by atoms with Gasteiger partial charge < -0.3 is 19.5 Å². The lowest BCUT2D eigenvalue weighted by Gasteiger charge is -2.16. The van der Waals surface area contributed by atoms with Crippen molar-refractivity contribution in [1.82, 2.24) is 24.6 Å². The maximum atomic E-state index is 14.7. The van der Waals surface area contributed by atoms with E-state index in [1.54, 1.807) is 29.2 Å². The molecule has 10 heteroatoms. The summed E-state index contributed by atoms with van der Waals surface area (Å²) < 4.78 is 33.5. The summed E-state index contributed by atoms with van der Waals surface area (Å²) in [4.78, 5) is 8.38. The third-order valence-electron chi connectivity index (χ3n) is 5.64. The van der Waals surface area contributed by atoms with Gasteiger partial charge in [-0.3, -0.25) is 4.40 Å². The van der Waals surface area contributed by atoms with Crippen LogP contribution in [0.15, 0.2) is 36.9 Å².